The molecule has 2 aromatic rings. The van der Waals surface area contributed by atoms with Crippen LogP contribution in [0.2, 0.25) is 0 Å². The van der Waals surface area contributed by atoms with Crippen molar-refractivity contribution in [2.24, 2.45) is 0 Å². The van der Waals surface area contributed by atoms with E-state index in [-0.39, 0.29) is 11.9 Å². The molecule has 2 atom stereocenters. The van der Waals surface area contributed by atoms with Gasteiger partial charge in [-0.3, -0.25) is 9.10 Å². The first-order chi connectivity index (χ1) is 13.7. The SMILES string of the molecule is CC[C@@H](C(=O)N[C@H](C)c1ccc2c(c1)CCC2)N(c1ccc(C)cc1)S(C)(=O)=O. The molecular weight excluding hydrogens is 384 g/mol. The average molecular weight is 415 g/mol. The Hall–Kier alpha value is -2.34. The van der Waals surface area contributed by atoms with E-state index in [4.69, 9.17) is 0 Å². The number of hydrogen-bond acceptors (Lipinski definition) is 3. The normalized spacial score (nSPS) is 15.4. The molecule has 0 heterocycles. The van der Waals surface area contributed by atoms with Gasteiger partial charge in [-0.2, -0.15) is 0 Å². The molecule has 0 fully saturated rings. The van der Waals surface area contributed by atoms with Crippen LogP contribution in [0.25, 0.3) is 0 Å². The highest BCUT2D eigenvalue weighted by atomic mass is 32.2. The van der Waals surface area contributed by atoms with E-state index < -0.39 is 16.1 Å². The second kappa shape index (κ2) is 8.57. The zero-order chi connectivity index (χ0) is 21.2. The van der Waals surface area contributed by atoms with Crippen LogP contribution in [0.4, 0.5) is 5.69 Å². The number of hydrogen-bond donors (Lipinski definition) is 1. The van der Waals surface area contributed by atoms with Gasteiger partial charge in [0.15, 0.2) is 0 Å². The number of sulfonamides is 1. The monoisotopic (exact) mass is 414 g/mol. The molecule has 5 nitrogen and oxygen atoms in total. The number of anilines is 1. The number of amides is 1. The molecule has 3 rings (SSSR count). The van der Waals surface area contributed by atoms with Crippen molar-refractivity contribution in [2.75, 3.05) is 10.6 Å². The molecular formula is C23H30N2O3S. The molecule has 0 saturated carbocycles. The Morgan fingerprint density at radius 3 is 2.38 bits per heavy atom. The van der Waals surface area contributed by atoms with Crippen molar-refractivity contribution in [2.45, 2.75) is 58.5 Å². The van der Waals surface area contributed by atoms with Gasteiger partial charge in [-0.25, -0.2) is 8.42 Å². The van der Waals surface area contributed by atoms with Crippen LogP contribution in [-0.2, 0) is 27.7 Å². The zero-order valence-corrected chi connectivity index (χ0v) is 18.4. The first-order valence-corrected chi connectivity index (χ1v) is 12.0. The fourth-order valence-corrected chi connectivity index (χ4v) is 5.22. The number of fused-ring (bicyclic) bond motifs is 1. The van der Waals surface area contributed by atoms with Gasteiger partial charge in [0.1, 0.15) is 6.04 Å². The highest BCUT2D eigenvalue weighted by Crippen LogP contribution is 2.27. The van der Waals surface area contributed by atoms with Gasteiger partial charge in [-0.15, -0.1) is 0 Å². The van der Waals surface area contributed by atoms with E-state index in [0.29, 0.717) is 12.1 Å². The highest BCUT2D eigenvalue weighted by molar-refractivity contribution is 7.92. The van der Waals surface area contributed by atoms with Crippen LogP contribution in [0.3, 0.4) is 0 Å². The van der Waals surface area contributed by atoms with Crippen molar-refractivity contribution in [3.05, 3.63) is 64.7 Å². The summed E-state index contributed by atoms with van der Waals surface area (Å²) in [6.07, 6.45) is 4.90. The molecule has 1 amide bonds. The second-order valence-corrected chi connectivity index (χ2v) is 9.79. The van der Waals surface area contributed by atoms with Gasteiger partial charge >= 0.3 is 0 Å². The topological polar surface area (TPSA) is 66.5 Å². The molecule has 1 aliphatic carbocycles. The molecule has 29 heavy (non-hydrogen) atoms. The zero-order valence-electron chi connectivity index (χ0n) is 17.6. The second-order valence-electron chi connectivity index (χ2n) is 7.93. The standard InChI is InChI=1S/C23H30N2O3S/c1-5-22(25(29(4,27)28)21-13-9-16(2)10-14-21)23(26)24-17(3)19-12-11-18-7-6-8-20(18)15-19/h9-15,17,22H,5-8H2,1-4H3,(H,24,26)/t17-,22+/m1/s1. The molecule has 0 unspecified atom stereocenters. The molecule has 6 heteroatoms. The van der Waals surface area contributed by atoms with Gasteiger partial charge < -0.3 is 5.32 Å². The lowest BCUT2D eigenvalue weighted by Gasteiger charge is -2.31. The van der Waals surface area contributed by atoms with E-state index in [2.05, 4.69) is 23.5 Å². The molecule has 0 aromatic heterocycles. The predicted molar refractivity (Wildman–Crippen MR) is 118 cm³/mol. The Morgan fingerprint density at radius 1 is 1.10 bits per heavy atom. The van der Waals surface area contributed by atoms with E-state index >= 15 is 0 Å². The summed E-state index contributed by atoms with van der Waals surface area (Å²) in [7, 11) is -3.62. The van der Waals surface area contributed by atoms with Crippen molar-refractivity contribution < 1.29 is 13.2 Å². The van der Waals surface area contributed by atoms with Crippen molar-refractivity contribution in [1.29, 1.82) is 0 Å². The average Bonchev–Trinajstić information content (AvgIpc) is 3.13. The van der Waals surface area contributed by atoms with Crippen LogP contribution < -0.4 is 9.62 Å². The van der Waals surface area contributed by atoms with E-state index in [0.717, 1.165) is 30.2 Å². The maximum absolute atomic E-state index is 13.1. The first-order valence-electron chi connectivity index (χ1n) is 10.2. The quantitative estimate of drug-likeness (QED) is 0.747. The third-order valence-corrected chi connectivity index (χ3v) is 6.78. The summed E-state index contributed by atoms with van der Waals surface area (Å²) in [4.78, 5) is 13.1. The Bertz CT molecular complexity index is 984. The van der Waals surface area contributed by atoms with E-state index in [1.807, 2.05) is 32.9 Å². The number of carbonyl (C=O) groups excluding carboxylic acids is 1. The van der Waals surface area contributed by atoms with Gasteiger partial charge in [0.2, 0.25) is 15.9 Å². The molecule has 2 aromatic carbocycles. The largest absolute Gasteiger partial charge is 0.348 e. The van der Waals surface area contributed by atoms with Crippen LogP contribution >= 0.6 is 0 Å². The van der Waals surface area contributed by atoms with Crippen LogP contribution in [0.5, 0.6) is 0 Å². The molecule has 0 bridgehead atoms. The number of benzene rings is 2. The molecule has 0 spiro atoms. The van der Waals surface area contributed by atoms with Gasteiger partial charge in [0, 0.05) is 0 Å². The minimum Gasteiger partial charge on any atom is -0.348 e. The Labute approximate surface area is 174 Å². The number of aryl methyl sites for hydroxylation is 3. The summed E-state index contributed by atoms with van der Waals surface area (Å²) in [6.45, 7) is 5.71. The summed E-state index contributed by atoms with van der Waals surface area (Å²) in [6, 6.07) is 12.6. The summed E-state index contributed by atoms with van der Waals surface area (Å²) in [5.74, 6) is -0.286. The fraction of sp³-hybridized carbons (Fsp3) is 0.435. The fourth-order valence-electron chi connectivity index (χ4n) is 4.01. The molecule has 1 N–H and O–H groups in total. The lowest BCUT2D eigenvalue weighted by atomic mass is 10.0. The Kier molecular flexibility index (Phi) is 6.32. The molecule has 156 valence electrons. The number of rotatable bonds is 7. The summed E-state index contributed by atoms with van der Waals surface area (Å²) in [5.41, 5.74) is 5.33. The molecule has 0 radical (unpaired) electrons. The van der Waals surface area contributed by atoms with E-state index in [1.165, 1.54) is 21.9 Å². The Balaban J connectivity index is 1.83. The van der Waals surface area contributed by atoms with Crippen molar-refractivity contribution >= 4 is 21.6 Å². The minimum atomic E-state index is -3.62. The smallest absolute Gasteiger partial charge is 0.244 e. The van der Waals surface area contributed by atoms with Gasteiger partial charge in [0.05, 0.1) is 18.0 Å². The summed E-state index contributed by atoms with van der Waals surface area (Å²) < 4.78 is 26.3. The number of nitrogens with zero attached hydrogens (tertiary/aromatic N) is 1. The number of carbonyl (C=O) groups is 1. The third-order valence-electron chi connectivity index (χ3n) is 5.60. The van der Waals surface area contributed by atoms with Crippen molar-refractivity contribution in [1.82, 2.24) is 5.32 Å². The summed E-state index contributed by atoms with van der Waals surface area (Å²) in [5, 5.41) is 3.03. The van der Waals surface area contributed by atoms with E-state index in [1.54, 1.807) is 12.1 Å². The minimum absolute atomic E-state index is 0.193. The van der Waals surface area contributed by atoms with Crippen LogP contribution in [0, 0.1) is 6.92 Å². The molecule has 1 aliphatic rings. The van der Waals surface area contributed by atoms with Gasteiger partial charge in [0.25, 0.3) is 0 Å². The van der Waals surface area contributed by atoms with E-state index in [9.17, 15) is 13.2 Å². The summed E-state index contributed by atoms with van der Waals surface area (Å²) >= 11 is 0. The molecule has 0 aliphatic heterocycles. The lowest BCUT2D eigenvalue weighted by Crippen LogP contribution is -2.49. The predicted octanol–water partition coefficient (Wildman–Crippen LogP) is 3.91. The highest BCUT2D eigenvalue weighted by Gasteiger charge is 2.32. The maximum Gasteiger partial charge on any atom is 0.244 e. The lowest BCUT2D eigenvalue weighted by molar-refractivity contribution is -0.122. The maximum atomic E-state index is 13.1. The third kappa shape index (κ3) is 4.81. The van der Waals surface area contributed by atoms with Crippen molar-refractivity contribution in [3.8, 4) is 0 Å². The number of nitrogens with one attached hydrogen (secondary N) is 1. The van der Waals surface area contributed by atoms with Crippen LogP contribution in [-0.4, -0.2) is 26.6 Å². The van der Waals surface area contributed by atoms with Crippen molar-refractivity contribution in [3.63, 3.8) is 0 Å². The first kappa shape index (κ1) is 21.4. The van der Waals surface area contributed by atoms with Crippen LogP contribution in [0.15, 0.2) is 42.5 Å². The molecule has 0 saturated heterocycles. The van der Waals surface area contributed by atoms with Crippen LogP contribution in [0.1, 0.15) is 55.0 Å². The Morgan fingerprint density at radius 2 is 1.76 bits per heavy atom. The van der Waals surface area contributed by atoms with Gasteiger partial charge in [-0.05, 0) is 68.4 Å². The van der Waals surface area contributed by atoms with Gasteiger partial charge in [-0.1, -0.05) is 42.8 Å².